The monoisotopic (exact) mass is 370 g/mol. The lowest BCUT2D eigenvalue weighted by atomic mass is 10.0. The smallest absolute Gasteiger partial charge is 0.407 e. The number of carbonyl (C=O) groups excluding carboxylic acids is 3. The average molecular weight is 370 g/mol. The van der Waals surface area contributed by atoms with Crippen LogP contribution in [-0.2, 0) is 16.1 Å². The first kappa shape index (κ1) is 20.0. The van der Waals surface area contributed by atoms with Gasteiger partial charge in [0.15, 0.2) is 5.78 Å². The summed E-state index contributed by atoms with van der Waals surface area (Å²) >= 11 is 0. The number of benzene rings is 2. The van der Waals surface area contributed by atoms with Crippen molar-refractivity contribution in [3.8, 4) is 0 Å². The van der Waals surface area contributed by atoms with E-state index in [2.05, 4.69) is 5.32 Å². The van der Waals surface area contributed by atoms with E-state index in [1.165, 1.54) is 12.1 Å². The molecule has 0 aliphatic carbocycles. The number of carbonyl (C=O) groups is 3. The van der Waals surface area contributed by atoms with Crippen molar-refractivity contribution in [1.82, 2.24) is 5.32 Å². The van der Waals surface area contributed by atoms with Crippen LogP contribution >= 0.6 is 0 Å². The van der Waals surface area contributed by atoms with E-state index >= 15 is 0 Å². The van der Waals surface area contributed by atoms with Crippen molar-refractivity contribution in [2.75, 3.05) is 18.9 Å². The highest BCUT2D eigenvalue weighted by atomic mass is 16.5. The fourth-order valence-electron chi connectivity index (χ4n) is 2.38. The Labute approximate surface area is 157 Å². The molecule has 7 nitrogen and oxygen atoms in total. The van der Waals surface area contributed by atoms with Gasteiger partial charge in [-0.3, -0.25) is 4.79 Å². The van der Waals surface area contributed by atoms with Crippen molar-refractivity contribution in [2.45, 2.75) is 20.0 Å². The number of amides is 1. The summed E-state index contributed by atoms with van der Waals surface area (Å²) in [6, 6.07) is 13.9. The standard InChI is InChI=1S/C20H22N2O5/c1-2-26-19(24)16-10-6-9-15(18(16)21)17(23)11-12-22-20(25)27-13-14-7-4-3-5-8-14/h3-10H,2,11-13,21H2,1H3,(H,22,25). The van der Waals surface area contributed by atoms with Gasteiger partial charge in [-0.2, -0.15) is 0 Å². The zero-order valence-electron chi connectivity index (χ0n) is 15.1. The van der Waals surface area contributed by atoms with Crippen LogP contribution in [0.2, 0.25) is 0 Å². The second-order valence-corrected chi connectivity index (χ2v) is 5.65. The highest BCUT2D eigenvalue weighted by Crippen LogP contribution is 2.20. The lowest BCUT2D eigenvalue weighted by Gasteiger charge is -2.10. The molecule has 0 aliphatic rings. The number of hydrogen-bond donors (Lipinski definition) is 2. The van der Waals surface area contributed by atoms with Gasteiger partial charge >= 0.3 is 12.1 Å². The highest BCUT2D eigenvalue weighted by molar-refractivity contribution is 6.06. The van der Waals surface area contributed by atoms with E-state index < -0.39 is 12.1 Å². The molecule has 0 unspecified atom stereocenters. The Bertz CT molecular complexity index is 805. The number of hydrogen-bond acceptors (Lipinski definition) is 6. The molecule has 0 saturated heterocycles. The molecule has 2 aromatic carbocycles. The molecule has 142 valence electrons. The molecule has 2 rings (SSSR count). The Kier molecular flexibility index (Phi) is 7.37. The lowest BCUT2D eigenvalue weighted by molar-refractivity contribution is 0.0527. The number of para-hydroxylation sites is 1. The van der Waals surface area contributed by atoms with E-state index in [1.807, 2.05) is 30.3 Å². The van der Waals surface area contributed by atoms with E-state index in [1.54, 1.807) is 13.0 Å². The Hall–Kier alpha value is -3.35. The molecule has 0 saturated carbocycles. The van der Waals surface area contributed by atoms with Crippen LogP contribution in [0.4, 0.5) is 10.5 Å². The van der Waals surface area contributed by atoms with Gasteiger partial charge in [0, 0.05) is 18.5 Å². The number of alkyl carbamates (subject to hydrolysis) is 1. The fraction of sp³-hybridized carbons (Fsp3) is 0.250. The SMILES string of the molecule is CCOC(=O)c1cccc(C(=O)CCNC(=O)OCc2ccccc2)c1N. The Morgan fingerprint density at radius 2 is 1.67 bits per heavy atom. The van der Waals surface area contributed by atoms with Crippen molar-refractivity contribution in [2.24, 2.45) is 0 Å². The molecular weight excluding hydrogens is 348 g/mol. The Morgan fingerprint density at radius 1 is 0.963 bits per heavy atom. The van der Waals surface area contributed by atoms with Crippen molar-refractivity contribution in [3.63, 3.8) is 0 Å². The third-order valence-electron chi connectivity index (χ3n) is 3.74. The molecule has 0 bridgehead atoms. The topological polar surface area (TPSA) is 108 Å². The van der Waals surface area contributed by atoms with Crippen LogP contribution in [0.5, 0.6) is 0 Å². The van der Waals surface area contributed by atoms with Crippen LogP contribution in [0, 0.1) is 0 Å². The van der Waals surface area contributed by atoms with Crippen LogP contribution in [0.15, 0.2) is 48.5 Å². The number of ketones is 1. The largest absolute Gasteiger partial charge is 0.462 e. The first-order valence-corrected chi connectivity index (χ1v) is 8.56. The molecule has 3 N–H and O–H groups in total. The minimum atomic E-state index is -0.611. The number of Topliss-reactive ketones (excluding diaryl/α,β-unsaturated/α-hetero) is 1. The van der Waals surface area contributed by atoms with Gasteiger partial charge in [-0.1, -0.05) is 36.4 Å². The normalized spacial score (nSPS) is 10.1. The van der Waals surface area contributed by atoms with Gasteiger partial charge in [-0.05, 0) is 24.6 Å². The lowest BCUT2D eigenvalue weighted by Crippen LogP contribution is -2.27. The van der Waals surface area contributed by atoms with Crippen LogP contribution in [-0.4, -0.2) is 31.0 Å². The predicted octanol–water partition coefficient (Wildman–Crippen LogP) is 2.94. The van der Waals surface area contributed by atoms with E-state index in [9.17, 15) is 14.4 Å². The maximum Gasteiger partial charge on any atom is 0.407 e. The van der Waals surface area contributed by atoms with Crippen LogP contribution < -0.4 is 11.1 Å². The molecular formula is C20H22N2O5. The van der Waals surface area contributed by atoms with Crippen LogP contribution in [0.1, 0.15) is 39.6 Å². The maximum atomic E-state index is 12.3. The minimum absolute atomic E-state index is 0.0247. The van der Waals surface area contributed by atoms with Crippen LogP contribution in [0.25, 0.3) is 0 Å². The Balaban J connectivity index is 1.84. The molecule has 0 atom stereocenters. The molecule has 0 aliphatic heterocycles. The number of anilines is 1. The number of nitrogens with one attached hydrogen (secondary N) is 1. The van der Waals surface area contributed by atoms with Crippen LogP contribution in [0.3, 0.4) is 0 Å². The molecule has 1 amide bonds. The molecule has 0 aromatic heterocycles. The quantitative estimate of drug-likeness (QED) is 0.420. The first-order chi connectivity index (χ1) is 13.0. The molecule has 0 radical (unpaired) electrons. The Morgan fingerprint density at radius 3 is 2.37 bits per heavy atom. The predicted molar refractivity (Wildman–Crippen MR) is 100 cm³/mol. The van der Waals surface area contributed by atoms with E-state index in [4.69, 9.17) is 15.2 Å². The van der Waals surface area contributed by atoms with Crippen molar-refractivity contribution < 1.29 is 23.9 Å². The highest BCUT2D eigenvalue weighted by Gasteiger charge is 2.17. The number of esters is 1. The zero-order chi connectivity index (χ0) is 19.6. The van der Waals surface area contributed by atoms with Crippen molar-refractivity contribution in [3.05, 3.63) is 65.2 Å². The summed E-state index contributed by atoms with van der Waals surface area (Å²) in [7, 11) is 0. The second kappa shape index (κ2) is 9.96. The van der Waals surface area contributed by atoms with E-state index in [0.717, 1.165) is 5.56 Å². The van der Waals surface area contributed by atoms with Gasteiger partial charge in [0.25, 0.3) is 0 Å². The summed E-state index contributed by atoms with van der Waals surface area (Å²) in [5, 5.41) is 2.52. The van der Waals surface area contributed by atoms with Crippen molar-refractivity contribution in [1.29, 1.82) is 0 Å². The first-order valence-electron chi connectivity index (χ1n) is 8.56. The third kappa shape index (κ3) is 5.85. The molecule has 7 heteroatoms. The second-order valence-electron chi connectivity index (χ2n) is 5.65. The number of ether oxygens (including phenoxy) is 2. The molecule has 2 aromatic rings. The molecule has 0 heterocycles. The fourth-order valence-corrected chi connectivity index (χ4v) is 2.38. The minimum Gasteiger partial charge on any atom is -0.462 e. The summed E-state index contributed by atoms with van der Waals surface area (Å²) in [5.74, 6) is -0.866. The summed E-state index contributed by atoms with van der Waals surface area (Å²) in [6.45, 7) is 2.14. The maximum absolute atomic E-state index is 12.3. The molecule has 27 heavy (non-hydrogen) atoms. The summed E-state index contributed by atoms with van der Waals surface area (Å²) in [4.78, 5) is 35.9. The van der Waals surface area contributed by atoms with Gasteiger partial charge in [-0.25, -0.2) is 9.59 Å². The van der Waals surface area contributed by atoms with Gasteiger partial charge < -0.3 is 20.5 Å². The number of nitrogen functional groups attached to an aromatic ring is 1. The van der Waals surface area contributed by atoms with Gasteiger partial charge in [0.2, 0.25) is 0 Å². The van der Waals surface area contributed by atoms with E-state index in [-0.39, 0.29) is 48.8 Å². The van der Waals surface area contributed by atoms with E-state index in [0.29, 0.717) is 0 Å². The summed E-state index contributed by atoms with van der Waals surface area (Å²) in [5.41, 5.74) is 7.24. The van der Waals surface area contributed by atoms with Crippen molar-refractivity contribution >= 4 is 23.5 Å². The number of nitrogens with two attached hydrogens (primary N) is 1. The zero-order valence-corrected chi connectivity index (χ0v) is 15.1. The van der Waals surface area contributed by atoms with Gasteiger partial charge in [-0.15, -0.1) is 0 Å². The summed E-state index contributed by atoms with van der Waals surface area (Å²) in [6.07, 6.45) is -0.586. The van der Waals surface area contributed by atoms with Gasteiger partial charge in [0.05, 0.1) is 17.9 Å². The average Bonchev–Trinajstić information content (AvgIpc) is 2.67. The van der Waals surface area contributed by atoms with Gasteiger partial charge in [0.1, 0.15) is 6.61 Å². The molecule has 0 fully saturated rings. The summed E-state index contributed by atoms with van der Waals surface area (Å²) < 4.78 is 9.99. The number of rotatable bonds is 8. The molecule has 0 spiro atoms. The third-order valence-corrected chi connectivity index (χ3v) is 3.74.